The molecule has 0 heterocycles. The quantitative estimate of drug-likeness (QED) is 0.724. The number of hydrogen-bond donors (Lipinski definition) is 0. The molecule has 2 rings (SSSR count). The number of rotatable bonds is 5. The molecule has 0 saturated carbocycles. The van der Waals surface area contributed by atoms with Crippen molar-refractivity contribution >= 4 is 32.8 Å². The average molecular weight is 356 g/mol. The summed E-state index contributed by atoms with van der Waals surface area (Å²) in [4.78, 5) is 10.9. The maximum Gasteiger partial charge on any atom is 0.262 e. The Labute approximate surface area is 130 Å². The first-order valence-corrected chi connectivity index (χ1v) is 7.11. The highest BCUT2D eigenvalue weighted by molar-refractivity contribution is 9.10. The molecule has 20 heavy (non-hydrogen) atoms. The molecule has 1 atom stereocenters. The molecule has 0 amide bonds. The Morgan fingerprint density at radius 1 is 1.00 bits per heavy atom. The second-order valence-corrected chi connectivity index (χ2v) is 5.38. The van der Waals surface area contributed by atoms with Crippen LogP contribution >= 0.6 is 27.5 Å². The largest absolute Gasteiger partial charge is 0.482 e. The number of hydrogen-bond acceptors (Lipinski definition) is 3. The summed E-state index contributed by atoms with van der Waals surface area (Å²) < 4.78 is 12.0. The van der Waals surface area contributed by atoms with Gasteiger partial charge in [0.05, 0.1) is 0 Å². The summed E-state index contributed by atoms with van der Waals surface area (Å²) in [5.74, 6) is 1.99. The Bertz CT molecular complexity index is 581. The van der Waals surface area contributed by atoms with Crippen LogP contribution in [0, 0.1) is 0 Å². The predicted octanol–water partition coefficient (Wildman–Crippen LogP) is 4.77. The number of ether oxygens (including phenoxy) is 2. The lowest BCUT2D eigenvalue weighted by atomic mass is 10.3. The summed E-state index contributed by atoms with van der Waals surface area (Å²) >= 11 is 8.70. The Kier molecular flexibility index (Phi) is 5.04. The summed E-state index contributed by atoms with van der Waals surface area (Å²) in [6.07, 6.45) is -0.671. The summed E-state index contributed by atoms with van der Waals surface area (Å²) in [5.41, 5.74) is 0. The van der Waals surface area contributed by atoms with E-state index in [1.807, 2.05) is 24.3 Å². The summed E-state index contributed by atoms with van der Waals surface area (Å²) in [5, 5.41) is -0.528. The fourth-order valence-electron chi connectivity index (χ4n) is 1.48. The van der Waals surface area contributed by atoms with Crippen molar-refractivity contribution < 1.29 is 14.3 Å². The molecule has 1 unspecified atom stereocenters. The molecule has 2 aromatic carbocycles. The minimum absolute atomic E-state index is 0.528. The van der Waals surface area contributed by atoms with Gasteiger partial charge in [-0.05, 0) is 67.1 Å². The molecule has 3 nitrogen and oxygen atoms in total. The topological polar surface area (TPSA) is 35.5 Å². The molecule has 0 aliphatic heterocycles. The van der Waals surface area contributed by atoms with Gasteiger partial charge in [0.15, 0.2) is 6.10 Å². The van der Waals surface area contributed by atoms with Gasteiger partial charge in [0.25, 0.3) is 5.24 Å². The molecule has 0 aromatic heterocycles. The first-order chi connectivity index (χ1) is 9.54. The van der Waals surface area contributed by atoms with Crippen molar-refractivity contribution in [2.45, 2.75) is 13.0 Å². The molecule has 104 valence electrons. The van der Waals surface area contributed by atoms with Crippen LogP contribution in [0.4, 0.5) is 0 Å². The van der Waals surface area contributed by atoms with Crippen molar-refractivity contribution in [2.24, 2.45) is 0 Å². The van der Waals surface area contributed by atoms with Crippen LogP contribution < -0.4 is 9.47 Å². The maximum atomic E-state index is 10.9. The molecule has 0 spiro atoms. The Morgan fingerprint density at radius 3 is 1.95 bits per heavy atom. The van der Waals surface area contributed by atoms with E-state index < -0.39 is 11.3 Å². The van der Waals surface area contributed by atoms with Gasteiger partial charge >= 0.3 is 0 Å². The van der Waals surface area contributed by atoms with Crippen LogP contribution in [0.5, 0.6) is 17.2 Å². The van der Waals surface area contributed by atoms with Gasteiger partial charge in [0.2, 0.25) is 0 Å². The van der Waals surface area contributed by atoms with Crippen LogP contribution in [0.3, 0.4) is 0 Å². The smallest absolute Gasteiger partial charge is 0.262 e. The van der Waals surface area contributed by atoms with E-state index in [9.17, 15) is 4.79 Å². The average Bonchev–Trinajstić information content (AvgIpc) is 2.43. The van der Waals surface area contributed by atoms with Crippen molar-refractivity contribution in [2.75, 3.05) is 0 Å². The van der Waals surface area contributed by atoms with Crippen LogP contribution in [0.15, 0.2) is 53.0 Å². The molecule has 0 radical (unpaired) electrons. The normalized spacial score (nSPS) is 11.8. The van der Waals surface area contributed by atoms with E-state index in [0.717, 1.165) is 10.2 Å². The van der Waals surface area contributed by atoms with Gasteiger partial charge in [-0.25, -0.2) is 0 Å². The maximum absolute atomic E-state index is 10.9. The Balaban J connectivity index is 2.01. The zero-order valence-corrected chi connectivity index (χ0v) is 13.0. The number of carbonyl (C=O) groups excluding carboxylic acids is 1. The zero-order chi connectivity index (χ0) is 14.5. The highest BCUT2D eigenvalue weighted by Gasteiger charge is 2.11. The van der Waals surface area contributed by atoms with E-state index in [1.54, 1.807) is 31.2 Å². The summed E-state index contributed by atoms with van der Waals surface area (Å²) in [7, 11) is 0. The van der Waals surface area contributed by atoms with E-state index in [2.05, 4.69) is 15.9 Å². The van der Waals surface area contributed by atoms with Crippen molar-refractivity contribution in [3.05, 3.63) is 53.0 Å². The fraction of sp³-hybridized carbons (Fsp3) is 0.133. The predicted molar refractivity (Wildman–Crippen MR) is 81.6 cm³/mol. The third-order valence-corrected chi connectivity index (χ3v) is 3.34. The van der Waals surface area contributed by atoms with E-state index in [4.69, 9.17) is 21.1 Å². The first kappa shape index (κ1) is 14.9. The van der Waals surface area contributed by atoms with Gasteiger partial charge in [-0.15, -0.1) is 0 Å². The molecule has 5 heteroatoms. The van der Waals surface area contributed by atoms with Gasteiger partial charge in [-0.3, -0.25) is 4.79 Å². The third-order valence-electron chi connectivity index (χ3n) is 2.51. The lowest BCUT2D eigenvalue weighted by Crippen LogP contribution is -2.18. The number of halogens is 2. The molecule has 0 aliphatic carbocycles. The second-order valence-electron chi connectivity index (χ2n) is 4.09. The molecular weight excluding hydrogens is 344 g/mol. The highest BCUT2D eigenvalue weighted by atomic mass is 79.9. The van der Waals surface area contributed by atoms with E-state index in [-0.39, 0.29) is 0 Å². The molecular formula is C15H12BrClO3. The standard InChI is InChI=1S/C15H12BrClO3/c1-10(15(17)18)19-12-6-8-14(9-7-12)20-13-4-2-11(16)3-5-13/h2-10H,1H3. The van der Waals surface area contributed by atoms with Crippen LogP contribution in [0.1, 0.15) is 6.92 Å². The molecule has 0 saturated heterocycles. The van der Waals surface area contributed by atoms with E-state index >= 15 is 0 Å². The van der Waals surface area contributed by atoms with Crippen molar-refractivity contribution in [3.8, 4) is 17.2 Å². The molecule has 0 N–H and O–H groups in total. The zero-order valence-electron chi connectivity index (χ0n) is 10.7. The Hall–Kier alpha value is -1.52. The second kappa shape index (κ2) is 6.77. The number of carbonyl (C=O) groups is 1. The lowest BCUT2D eigenvalue weighted by molar-refractivity contribution is -0.117. The molecule has 0 aliphatic rings. The van der Waals surface area contributed by atoms with Crippen LogP contribution in [-0.4, -0.2) is 11.3 Å². The van der Waals surface area contributed by atoms with E-state index in [1.165, 1.54) is 0 Å². The third kappa shape index (κ3) is 4.25. The van der Waals surface area contributed by atoms with Crippen LogP contribution in [0.2, 0.25) is 0 Å². The minimum Gasteiger partial charge on any atom is -0.482 e. The molecule has 0 fully saturated rings. The van der Waals surface area contributed by atoms with Crippen molar-refractivity contribution in [1.82, 2.24) is 0 Å². The SMILES string of the molecule is CC(Oc1ccc(Oc2ccc(Br)cc2)cc1)C(=O)Cl. The van der Waals surface area contributed by atoms with Crippen LogP contribution in [-0.2, 0) is 4.79 Å². The monoisotopic (exact) mass is 354 g/mol. The van der Waals surface area contributed by atoms with Gasteiger partial charge in [-0.2, -0.15) is 0 Å². The van der Waals surface area contributed by atoms with Gasteiger partial charge in [0, 0.05) is 4.47 Å². The van der Waals surface area contributed by atoms with Gasteiger partial charge < -0.3 is 9.47 Å². The lowest BCUT2D eigenvalue weighted by Gasteiger charge is -2.11. The number of benzene rings is 2. The molecule has 2 aromatic rings. The summed E-state index contributed by atoms with van der Waals surface area (Å²) in [6.45, 7) is 1.60. The first-order valence-electron chi connectivity index (χ1n) is 5.94. The highest BCUT2D eigenvalue weighted by Crippen LogP contribution is 2.25. The molecule has 0 bridgehead atoms. The Morgan fingerprint density at radius 2 is 1.45 bits per heavy atom. The van der Waals surface area contributed by atoms with Gasteiger partial charge in [0.1, 0.15) is 17.2 Å². The summed E-state index contributed by atoms with van der Waals surface area (Å²) in [6, 6.07) is 14.5. The minimum atomic E-state index is -0.671. The van der Waals surface area contributed by atoms with Crippen molar-refractivity contribution in [3.63, 3.8) is 0 Å². The van der Waals surface area contributed by atoms with Gasteiger partial charge in [-0.1, -0.05) is 15.9 Å². The van der Waals surface area contributed by atoms with E-state index in [0.29, 0.717) is 11.5 Å². The van der Waals surface area contributed by atoms with Crippen LogP contribution in [0.25, 0.3) is 0 Å². The van der Waals surface area contributed by atoms with Crippen molar-refractivity contribution in [1.29, 1.82) is 0 Å². The fourth-order valence-corrected chi connectivity index (χ4v) is 1.78.